The summed E-state index contributed by atoms with van der Waals surface area (Å²) in [5.41, 5.74) is 0.832. The van der Waals surface area contributed by atoms with E-state index in [2.05, 4.69) is 19.2 Å². The molecular formula is C25H38N2O5. The molecule has 0 aromatic heterocycles. The van der Waals surface area contributed by atoms with Crippen LogP contribution >= 0.6 is 0 Å². The number of esters is 1. The Morgan fingerprint density at radius 2 is 1.78 bits per heavy atom. The number of phenols is 2. The smallest absolute Gasteiger partial charge is 0.323 e. The van der Waals surface area contributed by atoms with Gasteiger partial charge < -0.3 is 19.8 Å². The first-order valence-corrected chi connectivity index (χ1v) is 12.0. The van der Waals surface area contributed by atoms with Crippen LogP contribution in [-0.2, 0) is 9.53 Å². The highest BCUT2D eigenvalue weighted by atomic mass is 16.5. The topological polar surface area (TPSA) is 99.1 Å². The Balaban J connectivity index is 1.64. The van der Waals surface area contributed by atoms with Crippen molar-refractivity contribution >= 4 is 11.9 Å². The van der Waals surface area contributed by atoms with Crippen LogP contribution in [0.5, 0.6) is 11.5 Å². The van der Waals surface area contributed by atoms with Gasteiger partial charge in [-0.25, -0.2) is 0 Å². The average Bonchev–Trinajstić information content (AvgIpc) is 3.38. The van der Waals surface area contributed by atoms with Gasteiger partial charge in [0.1, 0.15) is 23.6 Å². The normalized spacial score (nSPS) is 20.3. The number of benzene rings is 1. The molecule has 1 aliphatic carbocycles. The van der Waals surface area contributed by atoms with Crippen LogP contribution in [0.3, 0.4) is 0 Å². The molecule has 1 aliphatic heterocycles. The summed E-state index contributed by atoms with van der Waals surface area (Å²) in [5.74, 6) is -0.307. The highest BCUT2D eigenvalue weighted by molar-refractivity contribution is 5.97. The molecule has 3 rings (SSSR count). The fourth-order valence-corrected chi connectivity index (χ4v) is 4.72. The van der Waals surface area contributed by atoms with Crippen molar-refractivity contribution in [3.63, 3.8) is 0 Å². The lowest BCUT2D eigenvalue weighted by Gasteiger charge is -2.25. The molecule has 1 aromatic rings. The third kappa shape index (κ3) is 5.94. The van der Waals surface area contributed by atoms with Gasteiger partial charge >= 0.3 is 5.97 Å². The van der Waals surface area contributed by atoms with Crippen LogP contribution in [0.25, 0.3) is 0 Å². The quantitative estimate of drug-likeness (QED) is 0.524. The Kier molecular flexibility index (Phi) is 8.04. The van der Waals surface area contributed by atoms with E-state index in [-0.39, 0.29) is 53.0 Å². The van der Waals surface area contributed by atoms with Crippen molar-refractivity contribution in [2.75, 3.05) is 13.1 Å². The number of nitrogens with one attached hydrogen (secondary N) is 1. The van der Waals surface area contributed by atoms with E-state index >= 15 is 0 Å². The minimum absolute atomic E-state index is 0.00711. The van der Waals surface area contributed by atoms with Crippen LogP contribution < -0.4 is 5.32 Å². The van der Waals surface area contributed by atoms with Crippen molar-refractivity contribution in [1.29, 1.82) is 0 Å². The van der Waals surface area contributed by atoms with E-state index in [1.165, 1.54) is 6.07 Å². The predicted octanol–water partition coefficient (Wildman–Crippen LogP) is 3.93. The average molecular weight is 447 g/mol. The molecule has 2 aliphatic rings. The van der Waals surface area contributed by atoms with Crippen molar-refractivity contribution in [1.82, 2.24) is 10.2 Å². The van der Waals surface area contributed by atoms with Crippen molar-refractivity contribution in [2.24, 2.45) is 5.92 Å². The summed E-state index contributed by atoms with van der Waals surface area (Å²) < 4.78 is 5.75. The van der Waals surface area contributed by atoms with Gasteiger partial charge in [0.2, 0.25) is 0 Å². The number of phenolic OH excluding ortho intramolecular Hbond substituents is 2. The van der Waals surface area contributed by atoms with Crippen molar-refractivity contribution in [2.45, 2.75) is 90.3 Å². The number of likely N-dealkylation sites (tertiary alicyclic amines) is 1. The van der Waals surface area contributed by atoms with E-state index < -0.39 is 0 Å². The number of nitrogens with zero attached hydrogens (tertiary/aromatic N) is 1. The minimum atomic E-state index is -0.384. The lowest BCUT2D eigenvalue weighted by atomic mass is 9.98. The van der Waals surface area contributed by atoms with Gasteiger partial charge in [-0.2, -0.15) is 0 Å². The van der Waals surface area contributed by atoms with E-state index in [1.54, 1.807) is 11.0 Å². The summed E-state index contributed by atoms with van der Waals surface area (Å²) in [6, 6.07) is 2.43. The molecule has 0 bridgehead atoms. The van der Waals surface area contributed by atoms with E-state index in [0.717, 1.165) is 32.1 Å². The number of amides is 1. The molecule has 0 radical (unpaired) electrons. The molecule has 1 aromatic carbocycles. The van der Waals surface area contributed by atoms with Gasteiger partial charge in [-0.3, -0.25) is 14.9 Å². The van der Waals surface area contributed by atoms with Crippen LogP contribution in [0, 0.1) is 5.92 Å². The Bertz CT molecular complexity index is 817. The van der Waals surface area contributed by atoms with Gasteiger partial charge in [0, 0.05) is 25.2 Å². The van der Waals surface area contributed by atoms with Crippen LogP contribution in [0.2, 0.25) is 0 Å². The summed E-state index contributed by atoms with van der Waals surface area (Å²) in [6.45, 7) is 9.02. The van der Waals surface area contributed by atoms with Crippen LogP contribution in [0.1, 0.15) is 88.1 Å². The molecule has 1 unspecified atom stereocenters. The first-order valence-electron chi connectivity index (χ1n) is 12.0. The molecule has 1 saturated carbocycles. The molecule has 7 nitrogen and oxygen atoms in total. The Hall–Kier alpha value is -2.28. The molecule has 2 atom stereocenters. The highest BCUT2D eigenvalue weighted by Crippen LogP contribution is 2.33. The third-order valence-corrected chi connectivity index (χ3v) is 6.49. The van der Waals surface area contributed by atoms with Gasteiger partial charge in [-0.1, -0.05) is 27.7 Å². The Morgan fingerprint density at radius 1 is 1.09 bits per heavy atom. The molecular weight excluding hydrogens is 408 g/mol. The zero-order valence-corrected chi connectivity index (χ0v) is 19.8. The monoisotopic (exact) mass is 446 g/mol. The van der Waals surface area contributed by atoms with E-state index in [9.17, 15) is 19.8 Å². The van der Waals surface area contributed by atoms with Gasteiger partial charge in [-0.05, 0) is 62.0 Å². The lowest BCUT2D eigenvalue weighted by Crippen LogP contribution is -2.47. The molecule has 0 spiro atoms. The van der Waals surface area contributed by atoms with Crippen molar-refractivity contribution in [3.05, 3.63) is 23.3 Å². The third-order valence-electron chi connectivity index (χ3n) is 6.49. The molecule has 1 saturated heterocycles. The number of ether oxygens (including phenoxy) is 1. The summed E-state index contributed by atoms with van der Waals surface area (Å²) in [4.78, 5) is 27.6. The predicted molar refractivity (Wildman–Crippen MR) is 123 cm³/mol. The van der Waals surface area contributed by atoms with E-state index in [1.807, 2.05) is 13.8 Å². The fourth-order valence-electron chi connectivity index (χ4n) is 4.72. The maximum absolute atomic E-state index is 13.1. The van der Waals surface area contributed by atoms with Crippen molar-refractivity contribution < 1.29 is 24.5 Å². The first-order chi connectivity index (χ1) is 15.2. The van der Waals surface area contributed by atoms with Crippen LogP contribution in [0.15, 0.2) is 12.1 Å². The Morgan fingerprint density at radius 3 is 2.41 bits per heavy atom. The summed E-state index contributed by atoms with van der Waals surface area (Å²) >= 11 is 0. The standard InChI is InChI=1S/C25H38N2O5/c1-15(2)11-21(25(31)32-18-7-5-6-8-18)26-17-9-10-27(14-17)24(30)20-12-19(16(3)4)22(28)13-23(20)29/h12-13,15-18,21,26,28-29H,5-11,14H2,1-4H3/t17?,21-/m0/s1. The largest absolute Gasteiger partial charge is 0.508 e. The van der Waals surface area contributed by atoms with Crippen LogP contribution in [0.4, 0.5) is 0 Å². The maximum atomic E-state index is 13.1. The van der Waals surface area contributed by atoms with Crippen molar-refractivity contribution in [3.8, 4) is 11.5 Å². The second-order valence-electron chi connectivity index (χ2n) is 10.0. The molecule has 178 valence electrons. The number of carbonyl (C=O) groups excluding carboxylic acids is 2. The van der Waals surface area contributed by atoms with Gasteiger partial charge in [0.15, 0.2) is 0 Å². The minimum Gasteiger partial charge on any atom is -0.508 e. The number of aromatic hydroxyl groups is 2. The molecule has 1 amide bonds. The SMILES string of the molecule is CC(C)C[C@H](NC1CCN(C(=O)c2cc(C(C)C)c(O)cc2O)C1)C(=O)OC1CCCC1. The molecule has 1 heterocycles. The number of rotatable bonds is 8. The zero-order valence-electron chi connectivity index (χ0n) is 19.8. The molecule has 32 heavy (non-hydrogen) atoms. The zero-order chi connectivity index (χ0) is 23.4. The second kappa shape index (κ2) is 10.6. The summed E-state index contributed by atoms with van der Waals surface area (Å²) in [5, 5.41) is 23.8. The lowest BCUT2D eigenvalue weighted by molar-refractivity contribution is -0.152. The fraction of sp³-hybridized carbons (Fsp3) is 0.680. The van der Waals surface area contributed by atoms with E-state index in [0.29, 0.717) is 31.0 Å². The first kappa shape index (κ1) is 24.4. The Labute approximate surface area is 191 Å². The molecule has 3 N–H and O–H groups in total. The summed E-state index contributed by atoms with van der Waals surface area (Å²) in [6.07, 6.45) is 5.57. The van der Waals surface area contributed by atoms with Gasteiger partial charge in [0.05, 0.1) is 5.56 Å². The molecule has 2 fully saturated rings. The number of hydrogen-bond donors (Lipinski definition) is 3. The molecule has 7 heteroatoms. The van der Waals surface area contributed by atoms with Gasteiger partial charge in [-0.15, -0.1) is 0 Å². The maximum Gasteiger partial charge on any atom is 0.323 e. The number of hydrogen-bond acceptors (Lipinski definition) is 6. The van der Waals surface area contributed by atoms with Gasteiger partial charge in [0.25, 0.3) is 5.91 Å². The number of carbonyl (C=O) groups is 2. The second-order valence-corrected chi connectivity index (χ2v) is 10.0. The van der Waals surface area contributed by atoms with Crippen LogP contribution in [-0.4, -0.2) is 58.3 Å². The van der Waals surface area contributed by atoms with E-state index in [4.69, 9.17) is 4.74 Å². The summed E-state index contributed by atoms with van der Waals surface area (Å²) in [7, 11) is 0. The highest BCUT2D eigenvalue weighted by Gasteiger charge is 2.33.